The van der Waals surface area contributed by atoms with Gasteiger partial charge in [-0.05, 0) is 64.6 Å². The van der Waals surface area contributed by atoms with Crippen molar-refractivity contribution in [2.75, 3.05) is 5.73 Å². The second-order valence-electron chi connectivity index (χ2n) is 10.4. The van der Waals surface area contributed by atoms with Crippen LogP contribution in [0.1, 0.15) is 0 Å². The minimum Gasteiger partial charge on any atom is -0.382 e. The van der Waals surface area contributed by atoms with E-state index in [1.807, 2.05) is 0 Å². The SMILES string of the molecule is Nc1ncnc2nc[nH]c12.c1cc2ccc3cccc4ccc(c1)c2c34.c1cc2ccc3cccc4ccc(c1)c2c34. The lowest BCUT2D eigenvalue weighted by Gasteiger charge is -2.09. The van der Waals surface area contributed by atoms with Crippen LogP contribution < -0.4 is 5.73 Å². The molecule has 10 aromatic rings. The molecule has 0 aliphatic rings. The number of nitrogens with two attached hydrogens (primary N) is 1. The highest BCUT2D eigenvalue weighted by atomic mass is 15.0. The molecule has 0 atom stereocenters. The summed E-state index contributed by atoms with van der Waals surface area (Å²) >= 11 is 0. The third-order valence-corrected chi connectivity index (χ3v) is 8.04. The Kier molecular flexibility index (Phi) is 5.54. The number of aromatic amines is 1. The average Bonchev–Trinajstić information content (AvgIpc) is 3.54. The van der Waals surface area contributed by atoms with Gasteiger partial charge in [-0.1, -0.05) is 121 Å². The van der Waals surface area contributed by atoms with Gasteiger partial charge in [-0.15, -0.1) is 0 Å². The van der Waals surface area contributed by atoms with Gasteiger partial charge in [-0.3, -0.25) is 0 Å². The topological polar surface area (TPSA) is 80.5 Å². The molecule has 0 aliphatic heterocycles. The van der Waals surface area contributed by atoms with Crippen LogP contribution in [0.15, 0.2) is 134 Å². The second kappa shape index (κ2) is 9.68. The summed E-state index contributed by atoms with van der Waals surface area (Å²) in [6, 6.07) is 43.7. The fourth-order valence-electron chi connectivity index (χ4n) is 6.12. The molecule has 0 fully saturated rings. The molecular weight excluding hydrogens is 514 g/mol. The van der Waals surface area contributed by atoms with Gasteiger partial charge in [0.25, 0.3) is 0 Å². The van der Waals surface area contributed by atoms with Gasteiger partial charge in [0, 0.05) is 0 Å². The number of fused-ring (bicyclic) bond motifs is 1. The number of hydrogen-bond donors (Lipinski definition) is 2. The number of anilines is 1. The summed E-state index contributed by atoms with van der Waals surface area (Å²) in [7, 11) is 0. The van der Waals surface area contributed by atoms with Crippen LogP contribution in [0.25, 0.3) is 75.8 Å². The number of nitrogens with zero attached hydrogens (tertiary/aromatic N) is 3. The van der Waals surface area contributed by atoms with Crippen LogP contribution in [0.2, 0.25) is 0 Å². The minimum atomic E-state index is 0.433. The van der Waals surface area contributed by atoms with Gasteiger partial charge in [0.15, 0.2) is 11.5 Å². The fraction of sp³-hybridized carbons (Fsp3) is 0. The summed E-state index contributed by atoms with van der Waals surface area (Å²) < 4.78 is 0. The minimum absolute atomic E-state index is 0.433. The number of benzene rings is 8. The Morgan fingerprint density at radius 1 is 0.405 bits per heavy atom. The van der Waals surface area contributed by atoms with Crippen molar-refractivity contribution in [2.45, 2.75) is 0 Å². The van der Waals surface area contributed by atoms with Crippen molar-refractivity contribution in [1.82, 2.24) is 19.9 Å². The molecule has 198 valence electrons. The molecule has 0 bridgehead atoms. The first-order valence-corrected chi connectivity index (χ1v) is 13.9. The van der Waals surface area contributed by atoms with E-state index in [1.54, 1.807) is 0 Å². The Morgan fingerprint density at radius 3 is 1.05 bits per heavy atom. The summed E-state index contributed by atoms with van der Waals surface area (Å²) in [4.78, 5) is 14.4. The normalized spacial score (nSPS) is 11.4. The third kappa shape index (κ3) is 3.91. The van der Waals surface area contributed by atoms with Crippen molar-refractivity contribution in [2.24, 2.45) is 0 Å². The third-order valence-electron chi connectivity index (χ3n) is 8.04. The highest BCUT2D eigenvalue weighted by Gasteiger charge is 2.07. The number of imidazole rings is 1. The molecule has 0 radical (unpaired) electrons. The lowest BCUT2D eigenvalue weighted by atomic mass is 9.95. The quantitative estimate of drug-likeness (QED) is 0.188. The number of rotatable bonds is 0. The van der Waals surface area contributed by atoms with Crippen molar-refractivity contribution in [3.8, 4) is 0 Å². The maximum Gasteiger partial charge on any atom is 0.182 e. The van der Waals surface area contributed by atoms with Crippen LogP contribution in [0.3, 0.4) is 0 Å². The van der Waals surface area contributed by atoms with E-state index in [1.165, 1.54) is 77.3 Å². The lowest BCUT2D eigenvalue weighted by molar-refractivity contribution is 1.21. The molecule has 10 rings (SSSR count). The maximum absolute atomic E-state index is 5.48. The summed E-state index contributed by atoms with van der Waals surface area (Å²) in [5.41, 5.74) is 6.78. The smallest absolute Gasteiger partial charge is 0.182 e. The van der Waals surface area contributed by atoms with Crippen LogP contribution in [-0.4, -0.2) is 19.9 Å². The number of nitrogens with one attached hydrogen (secondary N) is 1. The zero-order valence-corrected chi connectivity index (χ0v) is 22.6. The van der Waals surface area contributed by atoms with Crippen molar-refractivity contribution in [3.05, 3.63) is 134 Å². The van der Waals surface area contributed by atoms with Gasteiger partial charge >= 0.3 is 0 Å². The Labute approximate surface area is 240 Å². The highest BCUT2D eigenvalue weighted by molar-refractivity contribution is 6.23. The number of aromatic nitrogens is 4. The van der Waals surface area contributed by atoms with E-state index in [9.17, 15) is 0 Å². The van der Waals surface area contributed by atoms with Gasteiger partial charge in [-0.25, -0.2) is 15.0 Å². The zero-order valence-electron chi connectivity index (χ0n) is 22.6. The first-order chi connectivity index (χ1) is 20.7. The van der Waals surface area contributed by atoms with E-state index >= 15 is 0 Å². The van der Waals surface area contributed by atoms with Crippen molar-refractivity contribution in [1.29, 1.82) is 0 Å². The molecule has 0 saturated carbocycles. The van der Waals surface area contributed by atoms with Gasteiger partial charge in [0.1, 0.15) is 11.8 Å². The van der Waals surface area contributed by atoms with Crippen molar-refractivity contribution in [3.63, 3.8) is 0 Å². The Bertz CT molecular complexity index is 2090. The monoisotopic (exact) mass is 539 g/mol. The number of hydrogen-bond acceptors (Lipinski definition) is 4. The molecule has 2 heterocycles. The Balaban J connectivity index is 0.0000000983. The predicted octanol–water partition coefficient (Wildman–Crippen LogP) is 9.10. The molecule has 0 aliphatic carbocycles. The highest BCUT2D eigenvalue weighted by Crippen LogP contribution is 2.35. The largest absolute Gasteiger partial charge is 0.382 e. The van der Waals surface area contributed by atoms with E-state index < -0.39 is 0 Å². The summed E-state index contributed by atoms with van der Waals surface area (Å²) in [5, 5.41) is 16.3. The first kappa shape index (κ1) is 24.0. The molecule has 0 amide bonds. The van der Waals surface area contributed by atoms with Crippen LogP contribution in [-0.2, 0) is 0 Å². The second-order valence-corrected chi connectivity index (χ2v) is 10.4. The molecule has 5 heteroatoms. The van der Waals surface area contributed by atoms with Crippen LogP contribution in [0.4, 0.5) is 5.82 Å². The average molecular weight is 540 g/mol. The molecule has 2 aromatic heterocycles. The molecule has 0 saturated heterocycles. The fourth-order valence-corrected chi connectivity index (χ4v) is 6.12. The molecule has 8 aromatic carbocycles. The van der Waals surface area contributed by atoms with Gasteiger partial charge < -0.3 is 10.7 Å². The molecule has 0 spiro atoms. The van der Waals surface area contributed by atoms with Gasteiger partial charge in [0.05, 0.1) is 6.33 Å². The summed E-state index contributed by atoms with van der Waals surface area (Å²) in [5.74, 6) is 0.433. The Morgan fingerprint density at radius 2 is 0.738 bits per heavy atom. The lowest BCUT2D eigenvalue weighted by Crippen LogP contribution is -1.91. The molecular formula is C37H25N5. The van der Waals surface area contributed by atoms with E-state index in [2.05, 4.69) is 141 Å². The number of H-pyrrole nitrogens is 1. The van der Waals surface area contributed by atoms with Crippen LogP contribution >= 0.6 is 0 Å². The number of nitrogen functional groups attached to an aromatic ring is 1. The standard InChI is InChI=1S/2C16H10.C5H5N5/c2*1-3-11-7-9-13-5-2-6-14-10-8-12(4-1)15(11)16(13)14;6-4-3-5(9-1-7-3)10-2-8-4/h2*1-10H;1-2H,(H3,6,7,8,9,10). The maximum atomic E-state index is 5.48. The molecule has 0 unspecified atom stereocenters. The van der Waals surface area contributed by atoms with E-state index in [0.29, 0.717) is 17.0 Å². The molecule has 3 N–H and O–H groups in total. The molecule has 42 heavy (non-hydrogen) atoms. The van der Waals surface area contributed by atoms with Crippen molar-refractivity contribution >= 4 is 81.6 Å². The van der Waals surface area contributed by atoms with Crippen molar-refractivity contribution < 1.29 is 0 Å². The van der Waals surface area contributed by atoms with E-state index in [4.69, 9.17) is 5.73 Å². The van der Waals surface area contributed by atoms with Gasteiger partial charge in [0.2, 0.25) is 0 Å². The molecule has 5 nitrogen and oxygen atoms in total. The summed E-state index contributed by atoms with van der Waals surface area (Å²) in [6.07, 6.45) is 2.92. The zero-order chi connectivity index (χ0) is 28.0. The van der Waals surface area contributed by atoms with Crippen LogP contribution in [0.5, 0.6) is 0 Å². The Hall–Kier alpha value is -5.81. The summed E-state index contributed by atoms with van der Waals surface area (Å²) in [6.45, 7) is 0. The first-order valence-electron chi connectivity index (χ1n) is 13.9. The van der Waals surface area contributed by atoms with Gasteiger partial charge in [-0.2, -0.15) is 0 Å². The van der Waals surface area contributed by atoms with E-state index in [0.717, 1.165) is 0 Å². The van der Waals surface area contributed by atoms with E-state index in [-0.39, 0.29) is 0 Å². The van der Waals surface area contributed by atoms with Crippen LogP contribution in [0, 0.1) is 0 Å². The predicted molar refractivity (Wildman–Crippen MR) is 176 cm³/mol.